The van der Waals surface area contributed by atoms with Gasteiger partial charge in [0.1, 0.15) is 0 Å². The van der Waals surface area contributed by atoms with Gasteiger partial charge in [-0.25, -0.2) is 8.42 Å². The van der Waals surface area contributed by atoms with E-state index >= 15 is 0 Å². The normalized spacial score (nSPS) is 11.3. The summed E-state index contributed by atoms with van der Waals surface area (Å²) in [7, 11) is -3.55. The maximum Gasteiger partial charge on any atom is 0.255 e. The Bertz CT molecular complexity index is 933. The largest absolute Gasteiger partial charge is 0.326 e. The van der Waals surface area contributed by atoms with Crippen molar-refractivity contribution in [3.05, 3.63) is 54.1 Å². The summed E-state index contributed by atoms with van der Waals surface area (Å²) in [5, 5.41) is 5.38. The molecule has 0 fully saturated rings. The van der Waals surface area contributed by atoms with Crippen LogP contribution >= 0.6 is 0 Å². The summed E-state index contributed by atoms with van der Waals surface area (Å²) in [6.07, 6.45) is 1.49. The molecule has 0 spiro atoms. The predicted octanol–water partition coefficient (Wildman–Crippen LogP) is 3.71. The molecule has 0 aliphatic rings. The maximum atomic E-state index is 12.8. The first-order chi connectivity index (χ1) is 13.8. The zero-order valence-electron chi connectivity index (χ0n) is 16.9. The average molecular weight is 418 g/mol. The Morgan fingerprint density at radius 2 is 1.31 bits per heavy atom. The van der Waals surface area contributed by atoms with Crippen molar-refractivity contribution >= 4 is 33.2 Å². The van der Waals surface area contributed by atoms with Crippen LogP contribution in [0.15, 0.2) is 53.4 Å². The van der Waals surface area contributed by atoms with Crippen LogP contribution in [0.2, 0.25) is 0 Å². The molecule has 0 atom stereocenters. The van der Waals surface area contributed by atoms with Crippen LogP contribution in [0.5, 0.6) is 0 Å². The molecule has 0 unspecified atom stereocenters. The Morgan fingerprint density at radius 1 is 0.828 bits per heavy atom. The van der Waals surface area contributed by atoms with Gasteiger partial charge in [0, 0.05) is 37.0 Å². The van der Waals surface area contributed by atoms with E-state index in [9.17, 15) is 18.0 Å². The van der Waals surface area contributed by atoms with Crippen LogP contribution in [0.3, 0.4) is 0 Å². The number of hydrogen-bond donors (Lipinski definition) is 2. The van der Waals surface area contributed by atoms with Crippen molar-refractivity contribution in [3.63, 3.8) is 0 Å². The monoisotopic (exact) mass is 417 g/mol. The number of sulfonamides is 1. The summed E-state index contributed by atoms with van der Waals surface area (Å²) in [5.74, 6) is -0.512. The molecule has 2 rings (SSSR count). The quantitative estimate of drug-likeness (QED) is 0.650. The molecule has 0 saturated carbocycles. The highest BCUT2D eigenvalue weighted by Gasteiger charge is 2.22. The smallest absolute Gasteiger partial charge is 0.255 e. The SMILES string of the molecule is CCCN(CCC)S(=O)(=O)c1ccc(NC(=O)c2ccc(NC(C)=O)cc2)cc1. The molecule has 0 heterocycles. The maximum absolute atomic E-state index is 12.8. The highest BCUT2D eigenvalue weighted by atomic mass is 32.2. The van der Waals surface area contributed by atoms with E-state index in [2.05, 4.69) is 10.6 Å². The van der Waals surface area contributed by atoms with Gasteiger partial charge in [0.15, 0.2) is 0 Å². The summed E-state index contributed by atoms with van der Waals surface area (Å²) in [5.41, 5.74) is 1.53. The van der Waals surface area contributed by atoms with Crippen LogP contribution in [-0.2, 0) is 14.8 Å². The zero-order valence-corrected chi connectivity index (χ0v) is 17.8. The molecule has 0 saturated heterocycles. The number of nitrogens with one attached hydrogen (secondary N) is 2. The Balaban J connectivity index is 2.10. The molecule has 2 amide bonds. The lowest BCUT2D eigenvalue weighted by Gasteiger charge is -2.21. The summed E-state index contributed by atoms with van der Waals surface area (Å²) in [4.78, 5) is 23.6. The third-order valence-electron chi connectivity index (χ3n) is 4.16. The Labute approximate surface area is 172 Å². The van der Waals surface area contributed by atoms with Crippen LogP contribution in [-0.4, -0.2) is 37.6 Å². The van der Waals surface area contributed by atoms with Crippen LogP contribution in [0, 0.1) is 0 Å². The molecule has 0 aliphatic carbocycles. The van der Waals surface area contributed by atoms with Gasteiger partial charge in [-0.1, -0.05) is 13.8 Å². The van der Waals surface area contributed by atoms with E-state index in [0.717, 1.165) is 12.8 Å². The van der Waals surface area contributed by atoms with E-state index in [4.69, 9.17) is 0 Å². The first kappa shape index (κ1) is 22.6. The minimum atomic E-state index is -3.55. The Hall–Kier alpha value is -2.71. The number of benzene rings is 2. The predicted molar refractivity (Wildman–Crippen MR) is 114 cm³/mol. The second-order valence-electron chi connectivity index (χ2n) is 6.64. The van der Waals surface area contributed by atoms with Gasteiger partial charge in [0.05, 0.1) is 4.90 Å². The van der Waals surface area contributed by atoms with Crippen molar-refractivity contribution in [1.82, 2.24) is 4.31 Å². The van der Waals surface area contributed by atoms with Crippen LogP contribution < -0.4 is 10.6 Å². The summed E-state index contributed by atoms with van der Waals surface area (Å²) in [6.45, 7) is 6.25. The lowest BCUT2D eigenvalue weighted by molar-refractivity contribution is -0.114. The molecule has 8 heteroatoms. The molecule has 2 aromatic carbocycles. The van der Waals surface area contributed by atoms with Crippen LogP contribution in [0.1, 0.15) is 44.0 Å². The fourth-order valence-corrected chi connectivity index (χ4v) is 4.45. The molecule has 29 heavy (non-hydrogen) atoms. The molecule has 0 bridgehead atoms. The Kier molecular flexibility index (Phi) is 7.92. The molecule has 2 N–H and O–H groups in total. The first-order valence-corrected chi connectivity index (χ1v) is 11.0. The fraction of sp³-hybridized carbons (Fsp3) is 0.333. The molecular weight excluding hydrogens is 390 g/mol. The third kappa shape index (κ3) is 6.13. The number of carbonyl (C=O) groups excluding carboxylic acids is 2. The second kappa shape index (κ2) is 10.2. The number of anilines is 2. The number of amides is 2. The van der Waals surface area contributed by atoms with Gasteiger partial charge < -0.3 is 10.6 Å². The van der Waals surface area contributed by atoms with Crippen LogP contribution in [0.25, 0.3) is 0 Å². The van der Waals surface area contributed by atoms with Crippen molar-refractivity contribution in [2.75, 3.05) is 23.7 Å². The van der Waals surface area contributed by atoms with Gasteiger partial charge in [0.2, 0.25) is 15.9 Å². The topological polar surface area (TPSA) is 95.6 Å². The fourth-order valence-electron chi connectivity index (χ4n) is 2.82. The van der Waals surface area contributed by atoms with Crippen LogP contribution in [0.4, 0.5) is 11.4 Å². The first-order valence-electron chi connectivity index (χ1n) is 9.57. The zero-order chi connectivity index (χ0) is 21.4. The van der Waals surface area contributed by atoms with E-state index in [0.29, 0.717) is 30.0 Å². The number of nitrogens with zero attached hydrogens (tertiary/aromatic N) is 1. The lowest BCUT2D eigenvalue weighted by atomic mass is 10.2. The molecule has 0 aromatic heterocycles. The lowest BCUT2D eigenvalue weighted by Crippen LogP contribution is -2.32. The second-order valence-corrected chi connectivity index (χ2v) is 8.58. The van der Waals surface area contributed by atoms with E-state index in [1.165, 1.54) is 23.4 Å². The van der Waals surface area contributed by atoms with Crippen molar-refractivity contribution in [3.8, 4) is 0 Å². The van der Waals surface area contributed by atoms with E-state index in [-0.39, 0.29) is 16.7 Å². The summed E-state index contributed by atoms with van der Waals surface area (Å²) < 4.78 is 27.1. The third-order valence-corrected chi connectivity index (χ3v) is 6.08. The Morgan fingerprint density at radius 3 is 1.79 bits per heavy atom. The van der Waals surface area contributed by atoms with Gasteiger partial charge in [0.25, 0.3) is 5.91 Å². The van der Waals surface area contributed by atoms with E-state index in [1.807, 2.05) is 13.8 Å². The molecular formula is C21H27N3O4S. The van der Waals surface area contributed by atoms with Gasteiger partial charge in [-0.2, -0.15) is 4.31 Å². The number of rotatable bonds is 9. The molecule has 7 nitrogen and oxygen atoms in total. The van der Waals surface area contributed by atoms with E-state index in [1.54, 1.807) is 36.4 Å². The number of hydrogen-bond acceptors (Lipinski definition) is 4. The standard InChI is InChI=1S/C21H27N3O4S/c1-4-14-24(15-5-2)29(27,28)20-12-10-19(11-13-20)23-21(26)17-6-8-18(9-7-17)22-16(3)25/h6-13H,4-5,14-15H2,1-3H3,(H,22,25)(H,23,26). The highest BCUT2D eigenvalue weighted by molar-refractivity contribution is 7.89. The molecule has 0 radical (unpaired) electrons. The van der Waals surface area contributed by atoms with Gasteiger partial charge >= 0.3 is 0 Å². The average Bonchev–Trinajstić information content (AvgIpc) is 2.68. The van der Waals surface area contributed by atoms with E-state index < -0.39 is 10.0 Å². The van der Waals surface area contributed by atoms with Crippen molar-refractivity contribution in [2.45, 2.75) is 38.5 Å². The summed E-state index contributed by atoms with van der Waals surface area (Å²) in [6, 6.07) is 12.6. The van der Waals surface area contributed by atoms with Gasteiger partial charge in [-0.05, 0) is 61.4 Å². The minimum Gasteiger partial charge on any atom is -0.326 e. The van der Waals surface area contributed by atoms with Gasteiger partial charge in [-0.15, -0.1) is 0 Å². The van der Waals surface area contributed by atoms with Crippen molar-refractivity contribution in [2.24, 2.45) is 0 Å². The molecule has 0 aliphatic heterocycles. The van der Waals surface area contributed by atoms with Gasteiger partial charge in [-0.3, -0.25) is 9.59 Å². The van der Waals surface area contributed by atoms with Crippen molar-refractivity contribution < 1.29 is 18.0 Å². The number of carbonyl (C=O) groups is 2. The molecule has 156 valence electrons. The minimum absolute atomic E-state index is 0.186. The summed E-state index contributed by atoms with van der Waals surface area (Å²) >= 11 is 0. The van der Waals surface area contributed by atoms with Crippen molar-refractivity contribution in [1.29, 1.82) is 0 Å². The molecule has 2 aromatic rings. The highest BCUT2D eigenvalue weighted by Crippen LogP contribution is 2.20.